The van der Waals surface area contributed by atoms with E-state index in [9.17, 15) is 0 Å². The van der Waals surface area contributed by atoms with E-state index in [1.54, 1.807) is 31.0 Å². The van der Waals surface area contributed by atoms with Gasteiger partial charge in [0.15, 0.2) is 5.82 Å². The standard InChI is InChI=1S/C12H14N6/c1-2-9(14-3-1)11-12(17-7-6-16-11)18-10-8-13-4-5-15-10/h4-9,14H,1-3H2,(H,15,17,18)/t9-/m0/s1. The lowest BCUT2D eigenvalue weighted by Crippen LogP contribution is -2.16. The second-order valence-corrected chi connectivity index (χ2v) is 4.15. The van der Waals surface area contributed by atoms with Crippen LogP contribution in [0.15, 0.2) is 31.0 Å². The monoisotopic (exact) mass is 242 g/mol. The molecule has 1 saturated heterocycles. The van der Waals surface area contributed by atoms with Gasteiger partial charge in [0.05, 0.1) is 17.9 Å². The Morgan fingerprint density at radius 2 is 2.00 bits per heavy atom. The fraction of sp³-hybridized carbons (Fsp3) is 0.333. The maximum atomic E-state index is 4.42. The molecule has 0 unspecified atom stereocenters. The van der Waals surface area contributed by atoms with Gasteiger partial charge >= 0.3 is 0 Å². The average molecular weight is 242 g/mol. The largest absolute Gasteiger partial charge is 0.322 e. The number of nitrogens with one attached hydrogen (secondary N) is 2. The zero-order chi connectivity index (χ0) is 12.2. The topological polar surface area (TPSA) is 75.6 Å². The maximum Gasteiger partial charge on any atom is 0.154 e. The molecule has 2 aromatic heterocycles. The fourth-order valence-electron chi connectivity index (χ4n) is 2.10. The van der Waals surface area contributed by atoms with Crippen molar-refractivity contribution < 1.29 is 0 Å². The van der Waals surface area contributed by atoms with Gasteiger partial charge in [0.25, 0.3) is 0 Å². The van der Waals surface area contributed by atoms with Crippen LogP contribution in [0.5, 0.6) is 0 Å². The normalized spacial score (nSPS) is 18.8. The lowest BCUT2D eigenvalue weighted by molar-refractivity contribution is 0.627. The fourth-order valence-corrected chi connectivity index (χ4v) is 2.10. The number of hydrogen-bond donors (Lipinski definition) is 2. The van der Waals surface area contributed by atoms with E-state index < -0.39 is 0 Å². The van der Waals surface area contributed by atoms with Gasteiger partial charge in [0.1, 0.15) is 5.82 Å². The van der Waals surface area contributed by atoms with Crippen molar-refractivity contribution in [3.05, 3.63) is 36.7 Å². The maximum absolute atomic E-state index is 4.42. The Morgan fingerprint density at radius 3 is 2.78 bits per heavy atom. The zero-order valence-corrected chi connectivity index (χ0v) is 9.87. The molecule has 0 aromatic carbocycles. The van der Waals surface area contributed by atoms with Crippen molar-refractivity contribution >= 4 is 11.6 Å². The van der Waals surface area contributed by atoms with Crippen molar-refractivity contribution in [2.24, 2.45) is 0 Å². The Balaban J connectivity index is 1.87. The first kappa shape index (κ1) is 11.0. The number of nitrogens with zero attached hydrogens (tertiary/aromatic N) is 4. The molecule has 1 fully saturated rings. The van der Waals surface area contributed by atoms with Crippen molar-refractivity contribution in [3.8, 4) is 0 Å². The van der Waals surface area contributed by atoms with Crippen molar-refractivity contribution in [2.45, 2.75) is 18.9 Å². The predicted octanol–water partition coefficient (Wildman–Crippen LogP) is 1.43. The van der Waals surface area contributed by atoms with Crippen LogP contribution in [-0.2, 0) is 0 Å². The number of hydrogen-bond acceptors (Lipinski definition) is 6. The van der Waals surface area contributed by atoms with E-state index in [1.807, 2.05) is 0 Å². The van der Waals surface area contributed by atoms with E-state index >= 15 is 0 Å². The van der Waals surface area contributed by atoms with Gasteiger partial charge < -0.3 is 10.6 Å². The summed E-state index contributed by atoms with van der Waals surface area (Å²) in [6.45, 7) is 1.03. The van der Waals surface area contributed by atoms with Crippen LogP contribution in [-0.4, -0.2) is 26.5 Å². The number of anilines is 2. The molecule has 92 valence electrons. The summed E-state index contributed by atoms with van der Waals surface area (Å²) in [5.74, 6) is 1.43. The third kappa shape index (κ3) is 2.28. The average Bonchev–Trinajstić information content (AvgIpc) is 2.94. The minimum Gasteiger partial charge on any atom is -0.322 e. The quantitative estimate of drug-likeness (QED) is 0.848. The molecule has 3 heterocycles. The van der Waals surface area contributed by atoms with E-state index in [1.165, 1.54) is 6.42 Å². The number of rotatable bonds is 3. The molecule has 2 N–H and O–H groups in total. The second-order valence-electron chi connectivity index (χ2n) is 4.15. The highest BCUT2D eigenvalue weighted by atomic mass is 15.1. The Hall–Kier alpha value is -2.08. The molecule has 0 bridgehead atoms. The van der Waals surface area contributed by atoms with Gasteiger partial charge in [0, 0.05) is 24.8 Å². The van der Waals surface area contributed by atoms with Crippen LogP contribution < -0.4 is 10.6 Å². The highest BCUT2D eigenvalue weighted by Crippen LogP contribution is 2.26. The summed E-state index contributed by atoms with van der Waals surface area (Å²) in [5, 5.41) is 6.58. The Kier molecular flexibility index (Phi) is 3.10. The Labute approximate surface area is 105 Å². The van der Waals surface area contributed by atoms with Gasteiger partial charge in [-0.15, -0.1) is 0 Å². The first-order valence-electron chi connectivity index (χ1n) is 6.01. The zero-order valence-electron chi connectivity index (χ0n) is 9.87. The van der Waals surface area contributed by atoms with Crippen molar-refractivity contribution in [1.82, 2.24) is 25.3 Å². The molecule has 18 heavy (non-hydrogen) atoms. The molecule has 0 radical (unpaired) electrons. The molecule has 6 nitrogen and oxygen atoms in total. The van der Waals surface area contributed by atoms with Crippen LogP contribution in [0.4, 0.5) is 11.6 Å². The van der Waals surface area contributed by atoms with Crippen LogP contribution >= 0.6 is 0 Å². The van der Waals surface area contributed by atoms with Gasteiger partial charge in [-0.2, -0.15) is 0 Å². The van der Waals surface area contributed by atoms with Gasteiger partial charge in [-0.1, -0.05) is 0 Å². The van der Waals surface area contributed by atoms with E-state index in [-0.39, 0.29) is 6.04 Å². The molecule has 0 aliphatic carbocycles. The van der Waals surface area contributed by atoms with Crippen LogP contribution in [0.1, 0.15) is 24.6 Å². The third-order valence-electron chi connectivity index (χ3n) is 2.93. The van der Waals surface area contributed by atoms with E-state index in [0.29, 0.717) is 5.82 Å². The Bertz CT molecular complexity index is 509. The summed E-state index contributed by atoms with van der Waals surface area (Å²) in [7, 11) is 0. The SMILES string of the molecule is c1cnc(Nc2nccnc2[C@@H]2CCCN2)cn1. The van der Waals surface area contributed by atoms with E-state index in [0.717, 1.165) is 24.5 Å². The molecular weight excluding hydrogens is 228 g/mol. The van der Waals surface area contributed by atoms with Crippen molar-refractivity contribution in [2.75, 3.05) is 11.9 Å². The van der Waals surface area contributed by atoms with Crippen LogP contribution in [0.25, 0.3) is 0 Å². The summed E-state index contributed by atoms with van der Waals surface area (Å²) < 4.78 is 0. The highest BCUT2D eigenvalue weighted by Gasteiger charge is 2.21. The second kappa shape index (κ2) is 5.05. The molecular formula is C12H14N6. The van der Waals surface area contributed by atoms with Gasteiger partial charge in [0.2, 0.25) is 0 Å². The molecule has 0 saturated carbocycles. The first-order valence-corrected chi connectivity index (χ1v) is 6.01. The molecule has 0 amide bonds. The molecule has 1 aliphatic heterocycles. The van der Waals surface area contributed by atoms with Crippen LogP contribution in [0, 0.1) is 0 Å². The summed E-state index contributed by atoms with van der Waals surface area (Å²) in [5.41, 5.74) is 0.945. The lowest BCUT2D eigenvalue weighted by Gasteiger charge is -2.14. The summed E-state index contributed by atoms with van der Waals surface area (Å²) in [6, 6.07) is 0.276. The molecule has 6 heteroatoms. The molecule has 2 aromatic rings. The van der Waals surface area contributed by atoms with Crippen molar-refractivity contribution in [1.29, 1.82) is 0 Å². The highest BCUT2D eigenvalue weighted by molar-refractivity contribution is 5.53. The molecule has 3 rings (SSSR count). The van der Waals surface area contributed by atoms with E-state index in [2.05, 4.69) is 30.6 Å². The predicted molar refractivity (Wildman–Crippen MR) is 67.3 cm³/mol. The summed E-state index contributed by atoms with van der Waals surface area (Å²) in [6.07, 6.45) is 10.6. The molecule has 0 spiro atoms. The Morgan fingerprint density at radius 1 is 1.11 bits per heavy atom. The minimum absolute atomic E-state index is 0.276. The van der Waals surface area contributed by atoms with Crippen LogP contribution in [0.2, 0.25) is 0 Å². The molecule has 1 atom stereocenters. The lowest BCUT2D eigenvalue weighted by atomic mass is 10.1. The third-order valence-corrected chi connectivity index (χ3v) is 2.93. The van der Waals surface area contributed by atoms with E-state index in [4.69, 9.17) is 0 Å². The van der Waals surface area contributed by atoms with Crippen molar-refractivity contribution in [3.63, 3.8) is 0 Å². The van der Waals surface area contributed by atoms with Gasteiger partial charge in [-0.05, 0) is 19.4 Å². The number of aromatic nitrogens is 4. The van der Waals surface area contributed by atoms with Crippen LogP contribution in [0.3, 0.4) is 0 Å². The van der Waals surface area contributed by atoms with Gasteiger partial charge in [-0.25, -0.2) is 9.97 Å². The molecule has 1 aliphatic rings. The summed E-state index contributed by atoms with van der Waals surface area (Å²) in [4.78, 5) is 17.0. The minimum atomic E-state index is 0.276. The van der Waals surface area contributed by atoms with Gasteiger partial charge in [-0.3, -0.25) is 9.97 Å². The first-order chi connectivity index (χ1) is 8.93. The smallest absolute Gasteiger partial charge is 0.154 e. The summed E-state index contributed by atoms with van der Waals surface area (Å²) >= 11 is 0.